The van der Waals surface area contributed by atoms with Gasteiger partial charge in [0, 0.05) is 18.8 Å². The number of alkyl halides is 3. The maximum absolute atomic E-state index is 13.2. The van der Waals surface area contributed by atoms with Gasteiger partial charge in [-0.3, -0.25) is 4.79 Å². The van der Waals surface area contributed by atoms with E-state index in [1.54, 1.807) is 43.6 Å². The summed E-state index contributed by atoms with van der Waals surface area (Å²) in [6, 6.07) is 12.0. The van der Waals surface area contributed by atoms with Crippen LogP contribution in [0.4, 0.5) is 13.2 Å². The van der Waals surface area contributed by atoms with Crippen molar-refractivity contribution in [3.05, 3.63) is 66.1 Å². The number of aryl methyl sites for hydroxylation is 1. The van der Waals surface area contributed by atoms with E-state index in [1.165, 1.54) is 16.7 Å². The maximum Gasteiger partial charge on any atom is 0.417 e. The number of hydrogen-bond donors (Lipinski definition) is 1. The molecule has 0 unspecified atom stereocenters. The fraction of sp³-hybridized carbons (Fsp3) is 0.111. The van der Waals surface area contributed by atoms with Crippen molar-refractivity contribution in [2.45, 2.75) is 6.18 Å². The second-order valence-electron chi connectivity index (χ2n) is 5.55. The van der Waals surface area contributed by atoms with E-state index in [-0.39, 0.29) is 11.4 Å². The average molecular weight is 345 g/mol. The Morgan fingerprint density at radius 3 is 2.40 bits per heavy atom. The molecule has 0 bridgehead atoms. The number of nitrogens with two attached hydrogens (primary N) is 1. The summed E-state index contributed by atoms with van der Waals surface area (Å²) in [4.78, 5) is 15.5. The summed E-state index contributed by atoms with van der Waals surface area (Å²) < 4.78 is 41.2. The Labute approximate surface area is 141 Å². The first-order chi connectivity index (χ1) is 11.8. The highest BCUT2D eigenvalue weighted by Gasteiger charge is 2.33. The van der Waals surface area contributed by atoms with E-state index in [9.17, 15) is 18.0 Å². The number of carbonyl (C=O) groups is 1. The summed E-state index contributed by atoms with van der Waals surface area (Å²) in [6.45, 7) is 0. The number of aromatic nitrogens is 2. The molecule has 2 aromatic carbocycles. The van der Waals surface area contributed by atoms with Crippen molar-refractivity contribution >= 4 is 5.91 Å². The summed E-state index contributed by atoms with van der Waals surface area (Å²) in [5.74, 6) is -0.594. The molecular weight excluding hydrogens is 331 g/mol. The van der Waals surface area contributed by atoms with Crippen LogP contribution >= 0.6 is 0 Å². The van der Waals surface area contributed by atoms with Gasteiger partial charge in [-0.15, -0.1) is 0 Å². The average Bonchev–Trinajstić information content (AvgIpc) is 2.96. The lowest BCUT2D eigenvalue weighted by atomic mass is 9.97. The van der Waals surface area contributed by atoms with Crippen molar-refractivity contribution in [2.75, 3.05) is 0 Å². The monoisotopic (exact) mass is 345 g/mol. The van der Waals surface area contributed by atoms with E-state index in [4.69, 9.17) is 5.73 Å². The predicted octanol–water partition coefficient (Wildman–Crippen LogP) is 3.87. The van der Waals surface area contributed by atoms with E-state index in [2.05, 4.69) is 4.98 Å². The van der Waals surface area contributed by atoms with Crippen LogP contribution in [0.3, 0.4) is 0 Å². The molecule has 0 radical (unpaired) electrons. The molecule has 0 aliphatic carbocycles. The molecule has 0 saturated heterocycles. The van der Waals surface area contributed by atoms with Crippen LogP contribution in [-0.2, 0) is 13.2 Å². The summed E-state index contributed by atoms with van der Waals surface area (Å²) >= 11 is 0. The zero-order chi connectivity index (χ0) is 18.2. The zero-order valence-corrected chi connectivity index (χ0v) is 13.2. The first-order valence-electron chi connectivity index (χ1n) is 7.37. The van der Waals surface area contributed by atoms with E-state index in [0.717, 1.165) is 6.07 Å². The highest BCUT2D eigenvalue weighted by molar-refractivity contribution is 5.90. The second-order valence-corrected chi connectivity index (χ2v) is 5.55. The standard InChI is InChI=1S/C18H14F3N3O/c1-24-10-15(23-17(24)16(22)25)12-6-4-5-11(9-12)13-7-2-3-8-14(13)18(19,20)21/h2-10H,1H3,(H2,22,25). The van der Waals surface area contributed by atoms with Crippen LogP contribution in [0.15, 0.2) is 54.7 Å². The second kappa shape index (κ2) is 6.08. The SMILES string of the molecule is Cn1cc(-c2cccc(-c3ccccc3C(F)(F)F)c2)nc1C(N)=O. The van der Waals surface area contributed by atoms with Gasteiger partial charge in [0.1, 0.15) is 0 Å². The van der Waals surface area contributed by atoms with E-state index < -0.39 is 17.6 Å². The fourth-order valence-electron chi connectivity index (χ4n) is 2.66. The summed E-state index contributed by atoms with van der Waals surface area (Å²) in [5, 5.41) is 0. The normalized spacial score (nSPS) is 11.5. The van der Waals surface area contributed by atoms with E-state index in [1.807, 2.05) is 0 Å². The zero-order valence-electron chi connectivity index (χ0n) is 13.2. The van der Waals surface area contributed by atoms with Gasteiger partial charge in [-0.25, -0.2) is 4.98 Å². The molecule has 25 heavy (non-hydrogen) atoms. The first-order valence-corrected chi connectivity index (χ1v) is 7.37. The van der Waals surface area contributed by atoms with Gasteiger partial charge >= 0.3 is 6.18 Å². The quantitative estimate of drug-likeness (QED) is 0.783. The number of nitrogens with zero attached hydrogens (tertiary/aromatic N) is 2. The van der Waals surface area contributed by atoms with Crippen molar-refractivity contribution in [3.8, 4) is 22.4 Å². The Hall–Kier alpha value is -3.09. The molecule has 0 aliphatic rings. The van der Waals surface area contributed by atoms with Gasteiger partial charge < -0.3 is 10.3 Å². The van der Waals surface area contributed by atoms with Crippen LogP contribution in [0.25, 0.3) is 22.4 Å². The maximum atomic E-state index is 13.2. The van der Waals surface area contributed by atoms with Gasteiger partial charge in [0.15, 0.2) is 5.82 Å². The number of primary amides is 1. The van der Waals surface area contributed by atoms with Gasteiger partial charge in [-0.2, -0.15) is 13.2 Å². The molecule has 3 rings (SSSR count). The lowest BCUT2D eigenvalue weighted by Gasteiger charge is -2.13. The predicted molar refractivity (Wildman–Crippen MR) is 87.6 cm³/mol. The lowest BCUT2D eigenvalue weighted by Crippen LogP contribution is -2.16. The highest BCUT2D eigenvalue weighted by atomic mass is 19.4. The minimum Gasteiger partial charge on any atom is -0.363 e. The fourth-order valence-corrected chi connectivity index (χ4v) is 2.66. The summed E-state index contributed by atoms with van der Waals surface area (Å²) in [6.07, 6.45) is -2.84. The van der Waals surface area contributed by atoms with Crippen LogP contribution in [0, 0.1) is 0 Å². The topological polar surface area (TPSA) is 60.9 Å². The Morgan fingerprint density at radius 2 is 1.76 bits per heavy atom. The number of amides is 1. The van der Waals surface area contributed by atoms with Crippen LogP contribution in [0.5, 0.6) is 0 Å². The van der Waals surface area contributed by atoms with Gasteiger partial charge in [0.25, 0.3) is 5.91 Å². The molecule has 2 N–H and O–H groups in total. The minimum atomic E-state index is -4.45. The van der Waals surface area contributed by atoms with Crippen molar-refractivity contribution in [1.29, 1.82) is 0 Å². The molecule has 1 aromatic heterocycles. The first kappa shape index (κ1) is 16.8. The van der Waals surface area contributed by atoms with Crippen LogP contribution in [0.1, 0.15) is 16.2 Å². The van der Waals surface area contributed by atoms with Crippen molar-refractivity contribution in [1.82, 2.24) is 9.55 Å². The number of benzene rings is 2. The van der Waals surface area contributed by atoms with Gasteiger partial charge in [0.2, 0.25) is 0 Å². The molecule has 0 aliphatic heterocycles. The number of carbonyl (C=O) groups excluding carboxylic acids is 1. The van der Waals surface area contributed by atoms with Gasteiger partial charge in [-0.05, 0) is 23.3 Å². The molecule has 0 saturated carbocycles. The molecule has 128 valence electrons. The molecular formula is C18H14F3N3O. The Bertz CT molecular complexity index is 945. The molecule has 0 fully saturated rings. The Kier molecular flexibility index (Phi) is 4.08. The van der Waals surface area contributed by atoms with Crippen molar-refractivity contribution in [3.63, 3.8) is 0 Å². The summed E-state index contributed by atoms with van der Waals surface area (Å²) in [5.41, 5.74) is 6.10. The van der Waals surface area contributed by atoms with Crippen molar-refractivity contribution in [2.24, 2.45) is 12.8 Å². The molecule has 0 atom stereocenters. The number of halogens is 3. The number of hydrogen-bond acceptors (Lipinski definition) is 2. The van der Waals surface area contributed by atoms with Crippen LogP contribution in [-0.4, -0.2) is 15.5 Å². The molecule has 0 spiro atoms. The van der Waals surface area contributed by atoms with Gasteiger partial charge in [0.05, 0.1) is 11.3 Å². The Balaban J connectivity index is 2.10. The lowest BCUT2D eigenvalue weighted by molar-refractivity contribution is -0.137. The highest BCUT2D eigenvalue weighted by Crippen LogP contribution is 2.37. The van der Waals surface area contributed by atoms with E-state index in [0.29, 0.717) is 16.8 Å². The molecule has 7 heteroatoms. The summed E-state index contributed by atoms with van der Waals surface area (Å²) in [7, 11) is 1.62. The smallest absolute Gasteiger partial charge is 0.363 e. The van der Waals surface area contributed by atoms with E-state index >= 15 is 0 Å². The van der Waals surface area contributed by atoms with Crippen LogP contribution < -0.4 is 5.73 Å². The molecule has 1 heterocycles. The molecule has 3 aromatic rings. The molecule has 4 nitrogen and oxygen atoms in total. The number of imidazole rings is 1. The Morgan fingerprint density at radius 1 is 1.08 bits per heavy atom. The third-order valence-electron chi connectivity index (χ3n) is 3.80. The number of rotatable bonds is 3. The molecule has 1 amide bonds. The van der Waals surface area contributed by atoms with Crippen LogP contribution in [0.2, 0.25) is 0 Å². The largest absolute Gasteiger partial charge is 0.417 e. The third kappa shape index (κ3) is 3.26. The van der Waals surface area contributed by atoms with Crippen molar-refractivity contribution < 1.29 is 18.0 Å². The van der Waals surface area contributed by atoms with Gasteiger partial charge in [-0.1, -0.05) is 36.4 Å². The minimum absolute atomic E-state index is 0.0797. The third-order valence-corrected chi connectivity index (χ3v) is 3.80.